The molecule has 38 heavy (non-hydrogen) atoms. The van der Waals surface area contributed by atoms with Crippen molar-refractivity contribution in [1.82, 2.24) is 15.1 Å². The first-order valence-corrected chi connectivity index (χ1v) is 13.0. The third-order valence-electron chi connectivity index (χ3n) is 6.61. The number of alkyl halides is 3. The van der Waals surface area contributed by atoms with E-state index >= 15 is 0 Å². The van der Waals surface area contributed by atoms with Crippen molar-refractivity contribution in [2.45, 2.75) is 18.5 Å². The number of nitrogens with one attached hydrogen (secondary N) is 2. The van der Waals surface area contributed by atoms with Crippen molar-refractivity contribution in [2.24, 2.45) is 0 Å². The number of benzene rings is 3. The molecule has 4 rings (SSSR count). The molecule has 1 fully saturated rings. The number of hydrogen-bond acceptors (Lipinski definition) is 3. The number of hydrogen-bond donors (Lipinski definition) is 2. The predicted molar refractivity (Wildman–Crippen MR) is 148 cm³/mol. The van der Waals surface area contributed by atoms with Gasteiger partial charge in [0.25, 0.3) is 0 Å². The van der Waals surface area contributed by atoms with E-state index in [9.17, 15) is 18.0 Å². The summed E-state index contributed by atoms with van der Waals surface area (Å²) in [6, 6.07) is 25.6. The lowest BCUT2D eigenvalue weighted by Crippen LogP contribution is -2.43. The Morgan fingerprint density at radius 2 is 1.45 bits per heavy atom. The van der Waals surface area contributed by atoms with Crippen molar-refractivity contribution < 1.29 is 18.0 Å². The lowest BCUT2D eigenvalue weighted by molar-refractivity contribution is -0.137. The van der Waals surface area contributed by atoms with Gasteiger partial charge < -0.3 is 15.5 Å². The van der Waals surface area contributed by atoms with E-state index in [4.69, 9.17) is 12.2 Å². The van der Waals surface area contributed by atoms with E-state index in [1.54, 1.807) is 0 Å². The highest BCUT2D eigenvalue weighted by Crippen LogP contribution is 2.34. The van der Waals surface area contributed by atoms with Crippen LogP contribution in [0.4, 0.5) is 18.9 Å². The van der Waals surface area contributed by atoms with Crippen LogP contribution in [-0.2, 0) is 11.0 Å². The minimum absolute atomic E-state index is 0.0182. The molecule has 0 radical (unpaired) electrons. The minimum Gasteiger partial charge on any atom is -0.362 e. The van der Waals surface area contributed by atoms with Gasteiger partial charge in [0.15, 0.2) is 5.11 Å². The van der Waals surface area contributed by atoms with Gasteiger partial charge in [-0.2, -0.15) is 13.2 Å². The Hall–Kier alpha value is -3.43. The highest BCUT2D eigenvalue weighted by atomic mass is 32.1. The summed E-state index contributed by atoms with van der Waals surface area (Å²) >= 11 is 5.73. The molecule has 1 aliphatic rings. The van der Waals surface area contributed by atoms with Crippen LogP contribution in [0.3, 0.4) is 0 Å². The minimum atomic E-state index is -4.53. The molecule has 0 saturated carbocycles. The Kier molecular flexibility index (Phi) is 9.36. The molecule has 200 valence electrons. The van der Waals surface area contributed by atoms with Gasteiger partial charge in [-0.3, -0.25) is 9.69 Å². The summed E-state index contributed by atoms with van der Waals surface area (Å²) < 4.78 is 39.8. The number of thiocarbonyl (C=S) groups is 1. The van der Waals surface area contributed by atoms with E-state index in [2.05, 4.69) is 39.8 Å². The number of halogens is 3. The molecular formula is C29H31F3N4OS. The first-order valence-electron chi connectivity index (χ1n) is 12.6. The van der Waals surface area contributed by atoms with Crippen LogP contribution in [0.2, 0.25) is 0 Å². The maximum absolute atomic E-state index is 13.3. The molecular weight excluding hydrogens is 509 g/mol. The van der Waals surface area contributed by atoms with Gasteiger partial charge in [0.2, 0.25) is 5.91 Å². The number of carbonyl (C=O) groups is 1. The molecule has 3 aromatic carbocycles. The average Bonchev–Trinajstić information content (AvgIpc) is 3.15. The van der Waals surface area contributed by atoms with Crippen LogP contribution in [0.25, 0.3) is 0 Å². The molecule has 9 heteroatoms. The van der Waals surface area contributed by atoms with Crippen LogP contribution in [0, 0.1) is 0 Å². The number of carbonyl (C=O) groups excluding carboxylic acids is 1. The van der Waals surface area contributed by atoms with E-state index < -0.39 is 17.6 Å². The molecule has 0 spiro atoms. The Morgan fingerprint density at radius 3 is 2.08 bits per heavy atom. The van der Waals surface area contributed by atoms with Gasteiger partial charge in [0, 0.05) is 38.6 Å². The Balaban J connectivity index is 1.31. The normalized spacial score (nSPS) is 14.7. The van der Waals surface area contributed by atoms with E-state index in [1.165, 1.54) is 29.3 Å². The largest absolute Gasteiger partial charge is 0.418 e. The van der Waals surface area contributed by atoms with Crippen molar-refractivity contribution in [3.8, 4) is 0 Å². The van der Waals surface area contributed by atoms with Crippen LogP contribution in [0.5, 0.6) is 0 Å². The van der Waals surface area contributed by atoms with Gasteiger partial charge >= 0.3 is 6.18 Å². The van der Waals surface area contributed by atoms with Gasteiger partial charge in [0.1, 0.15) is 0 Å². The Labute approximate surface area is 226 Å². The average molecular weight is 541 g/mol. The van der Waals surface area contributed by atoms with E-state index in [1.807, 2.05) is 41.3 Å². The van der Waals surface area contributed by atoms with Gasteiger partial charge in [-0.15, -0.1) is 0 Å². The van der Waals surface area contributed by atoms with E-state index in [0.717, 1.165) is 19.0 Å². The summed E-state index contributed by atoms with van der Waals surface area (Å²) in [4.78, 5) is 16.6. The molecule has 3 aromatic rings. The van der Waals surface area contributed by atoms with Crippen LogP contribution in [-0.4, -0.2) is 60.1 Å². The molecule has 0 bridgehead atoms. The van der Waals surface area contributed by atoms with Crippen LogP contribution >= 0.6 is 12.2 Å². The molecule has 2 N–H and O–H groups in total. The maximum Gasteiger partial charge on any atom is 0.418 e. The summed E-state index contributed by atoms with van der Waals surface area (Å²) in [7, 11) is 0. The quantitative estimate of drug-likeness (QED) is 0.396. The number of rotatable bonds is 7. The predicted octanol–water partition coefficient (Wildman–Crippen LogP) is 5.36. The number of nitrogens with zero attached hydrogens (tertiary/aromatic N) is 2. The van der Waals surface area contributed by atoms with Crippen molar-refractivity contribution in [3.05, 3.63) is 102 Å². The van der Waals surface area contributed by atoms with Gasteiger partial charge in [-0.25, -0.2) is 0 Å². The molecule has 1 saturated heterocycles. The second-order valence-electron chi connectivity index (χ2n) is 9.27. The first-order chi connectivity index (χ1) is 18.3. The SMILES string of the molecule is O=C(CN1CCCN(C(=S)NCC(c2ccccc2)c2ccccc2)CC1)Nc1ccccc1C(F)(F)F. The van der Waals surface area contributed by atoms with E-state index in [-0.39, 0.29) is 18.2 Å². The van der Waals surface area contributed by atoms with Crippen molar-refractivity contribution in [3.63, 3.8) is 0 Å². The second kappa shape index (κ2) is 12.9. The molecule has 1 amide bonds. The van der Waals surface area contributed by atoms with Gasteiger partial charge in [-0.1, -0.05) is 72.8 Å². The fraction of sp³-hybridized carbons (Fsp3) is 0.310. The Morgan fingerprint density at radius 1 is 0.842 bits per heavy atom. The van der Waals surface area contributed by atoms with Crippen molar-refractivity contribution in [1.29, 1.82) is 0 Å². The van der Waals surface area contributed by atoms with Crippen LogP contribution in [0.15, 0.2) is 84.9 Å². The highest BCUT2D eigenvalue weighted by molar-refractivity contribution is 7.80. The number of amides is 1. The molecule has 0 aliphatic carbocycles. The second-order valence-corrected chi connectivity index (χ2v) is 9.65. The Bertz CT molecular complexity index is 1170. The van der Waals surface area contributed by atoms with Crippen LogP contribution in [0.1, 0.15) is 29.0 Å². The zero-order valence-electron chi connectivity index (χ0n) is 21.0. The summed E-state index contributed by atoms with van der Waals surface area (Å²) in [6.45, 7) is 3.27. The summed E-state index contributed by atoms with van der Waals surface area (Å²) in [5, 5.41) is 6.53. The topological polar surface area (TPSA) is 47.6 Å². The zero-order chi connectivity index (χ0) is 27.0. The third-order valence-corrected chi connectivity index (χ3v) is 7.01. The molecule has 0 aromatic heterocycles. The number of para-hydroxylation sites is 1. The number of anilines is 1. The maximum atomic E-state index is 13.3. The van der Waals surface area contributed by atoms with Gasteiger partial charge in [0.05, 0.1) is 17.8 Å². The molecule has 5 nitrogen and oxygen atoms in total. The molecule has 1 aliphatic heterocycles. The fourth-order valence-electron chi connectivity index (χ4n) is 4.66. The summed E-state index contributed by atoms with van der Waals surface area (Å²) in [6.07, 6.45) is -3.75. The summed E-state index contributed by atoms with van der Waals surface area (Å²) in [5.74, 6) is -0.327. The van der Waals surface area contributed by atoms with Crippen molar-refractivity contribution in [2.75, 3.05) is 44.6 Å². The van der Waals surface area contributed by atoms with Crippen molar-refractivity contribution >= 4 is 28.9 Å². The standard InChI is InChI=1S/C29H31F3N4OS/c30-29(31,32)25-14-7-8-15-26(25)34-27(37)21-35-16-9-17-36(19-18-35)28(38)33-20-24(22-10-3-1-4-11-22)23-12-5-2-6-13-23/h1-8,10-15,24H,9,16-21H2,(H,33,38)(H,34,37). The lowest BCUT2D eigenvalue weighted by atomic mass is 9.91. The lowest BCUT2D eigenvalue weighted by Gasteiger charge is -2.27. The van der Waals surface area contributed by atoms with Crippen LogP contribution < -0.4 is 10.6 Å². The zero-order valence-corrected chi connectivity index (χ0v) is 21.8. The molecule has 0 unspecified atom stereocenters. The fourth-order valence-corrected chi connectivity index (χ4v) is 4.93. The molecule has 0 atom stereocenters. The third kappa shape index (κ3) is 7.55. The molecule has 1 heterocycles. The van der Waals surface area contributed by atoms with E-state index in [0.29, 0.717) is 31.3 Å². The monoisotopic (exact) mass is 540 g/mol. The highest BCUT2D eigenvalue weighted by Gasteiger charge is 2.33. The smallest absolute Gasteiger partial charge is 0.362 e. The summed E-state index contributed by atoms with van der Waals surface area (Å²) in [5.41, 5.74) is 1.33. The first kappa shape index (κ1) is 27.6. The van der Waals surface area contributed by atoms with Gasteiger partial charge in [-0.05, 0) is 41.9 Å².